The van der Waals surface area contributed by atoms with E-state index in [-0.39, 0.29) is 11.4 Å². The van der Waals surface area contributed by atoms with Gasteiger partial charge in [0.2, 0.25) is 5.91 Å². The molecule has 0 fully saturated rings. The van der Waals surface area contributed by atoms with Crippen LogP contribution in [0.15, 0.2) is 42.0 Å². The smallest absolute Gasteiger partial charge is 0.245 e. The zero-order chi connectivity index (χ0) is 18.6. The topological polar surface area (TPSA) is 64.4 Å². The highest BCUT2D eigenvalue weighted by molar-refractivity contribution is 6.01. The van der Waals surface area contributed by atoms with Crippen molar-refractivity contribution in [3.63, 3.8) is 0 Å². The van der Waals surface area contributed by atoms with E-state index in [2.05, 4.69) is 25.2 Å². The zero-order valence-electron chi connectivity index (χ0n) is 14.8. The SMILES string of the molecule is CC1=Cc2c(ccc3c2/C(=C/C(N)=O)Oc2ccc(F)cc2-3)NC1(C)C. The average Bonchev–Trinajstić information content (AvgIpc) is 2.55. The second-order valence-corrected chi connectivity index (χ2v) is 7.18. The van der Waals surface area contributed by atoms with E-state index in [9.17, 15) is 9.18 Å². The molecule has 4 rings (SSSR count). The number of primary amides is 1. The third-order valence-electron chi connectivity index (χ3n) is 5.01. The summed E-state index contributed by atoms with van der Waals surface area (Å²) in [5, 5.41) is 3.50. The minimum Gasteiger partial charge on any atom is -0.456 e. The summed E-state index contributed by atoms with van der Waals surface area (Å²) in [6.45, 7) is 6.25. The summed E-state index contributed by atoms with van der Waals surface area (Å²) in [6.07, 6.45) is 3.35. The number of nitrogens with two attached hydrogens (primary N) is 1. The molecule has 2 aliphatic heterocycles. The van der Waals surface area contributed by atoms with Crippen LogP contribution in [0.3, 0.4) is 0 Å². The molecule has 132 valence electrons. The Morgan fingerprint density at radius 2 is 2.00 bits per heavy atom. The Morgan fingerprint density at radius 3 is 2.73 bits per heavy atom. The first-order valence-electron chi connectivity index (χ1n) is 8.39. The Labute approximate surface area is 151 Å². The van der Waals surface area contributed by atoms with E-state index in [1.54, 1.807) is 6.07 Å². The monoisotopic (exact) mass is 350 g/mol. The Balaban J connectivity index is 2.05. The maximum absolute atomic E-state index is 13.8. The van der Waals surface area contributed by atoms with Crippen LogP contribution in [0.1, 0.15) is 31.9 Å². The summed E-state index contributed by atoms with van der Waals surface area (Å²) in [7, 11) is 0. The van der Waals surface area contributed by atoms with Gasteiger partial charge in [-0.3, -0.25) is 4.79 Å². The third kappa shape index (κ3) is 2.47. The van der Waals surface area contributed by atoms with Crippen LogP contribution < -0.4 is 15.8 Å². The largest absolute Gasteiger partial charge is 0.456 e. The number of amides is 1. The van der Waals surface area contributed by atoms with Gasteiger partial charge < -0.3 is 15.8 Å². The fourth-order valence-corrected chi connectivity index (χ4v) is 3.40. The Morgan fingerprint density at radius 1 is 1.23 bits per heavy atom. The van der Waals surface area contributed by atoms with Crippen molar-refractivity contribution in [2.45, 2.75) is 26.3 Å². The molecule has 5 heteroatoms. The number of hydrogen-bond acceptors (Lipinski definition) is 3. The Bertz CT molecular complexity index is 1020. The maximum atomic E-state index is 13.8. The molecule has 2 aromatic rings. The second-order valence-electron chi connectivity index (χ2n) is 7.18. The van der Waals surface area contributed by atoms with Gasteiger partial charge in [0.15, 0.2) is 0 Å². The molecule has 2 heterocycles. The van der Waals surface area contributed by atoms with E-state index >= 15 is 0 Å². The molecule has 2 aromatic carbocycles. The summed E-state index contributed by atoms with van der Waals surface area (Å²) in [4.78, 5) is 11.6. The van der Waals surface area contributed by atoms with E-state index in [1.165, 1.54) is 18.2 Å². The summed E-state index contributed by atoms with van der Waals surface area (Å²) in [6, 6.07) is 8.23. The van der Waals surface area contributed by atoms with Crippen molar-refractivity contribution in [1.29, 1.82) is 0 Å². The molecular weight excluding hydrogens is 331 g/mol. The first-order valence-corrected chi connectivity index (χ1v) is 8.39. The molecule has 0 aliphatic carbocycles. The number of anilines is 1. The third-order valence-corrected chi connectivity index (χ3v) is 5.01. The van der Waals surface area contributed by atoms with Crippen LogP contribution in [0, 0.1) is 5.82 Å². The normalized spacial score (nSPS) is 18.0. The van der Waals surface area contributed by atoms with Gasteiger partial charge in [-0.05, 0) is 56.2 Å². The van der Waals surface area contributed by atoms with Gasteiger partial charge in [0.1, 0.15) is 17.3 Å². The zero-order valence-corrected chi connectivity index (χ0v) is 14.8. The lowest BCUT2D eigenvalue weighted by molar-refractivity contribution is -0.113. The van der Waals surface area contributed by atoms with Crippen LogP contribution in [0.2, 0.25) is 0 Å². The predicted octanol–water partition coefficient (Wildman–Crippen LogP) is 4.32. The number of rotatable bonds is 1. The molecule has 0 aromatic heterocycles. The molecule has 2 aliphatic rings. The average molecular weight is 350 g/mol. The summed E-state index contributed by atoms with van der Waals surface area (Å²) < 4.78 is 19.7. The molecule has 0 spiro atoms. The molecule has 0 atom stereocenters. The first kappa shape index (κ1) is 16.4. The molecule has 0 saturated carbocycles. The van der Waals surface area contributed by atoms with E-state index in [4.69, 9.17) is 10.5 Å². The van der Waals surface area contributed by atoms with Gasteiger partial charge in [-0.1, -0.05) is 12.1 Å². The number of benzene rings is 2. The van der Waals surface area contributed by atoms with Gasteiger partial charge in [0.05, 0.1) is 5.54 Å². The molecule has 0 radical (unpaired) electrons. The molecule has 0 unspecified atom stereocenters. The minimum atomic E-state index is -0.598. The quantitative estimate of drug-likeness (QED) is 0.753. The van der Waals surface area contributed by atoms with E-state index < -0.39 is 5.91 Å². The standard InChI is InChI=1S/C21H19FN2O2/c1-11-8-15-16(24-21(11,2)3)6-5-13-14-9-12(22)4-7-17(14)26-18(20(13)15)10-19(23)25/h4-10,24H,1-3H3,(H2,23,25)/b18-10-. The first-order chi connectivity index (χ1) is 12.3. The van der Waals surface area contributed by atoms with Crippen LogP contribution in [-0.4, -0.2) is 11.4 Å². The lowest BCUT2D eigenvalue weighted by Gasteiger charge is -2.36. The Kier molecular flexibility index (Phi) is 3.44. The number of halogens is 1. The summed E-state index contributed by atoms with van der Waals surface area (Å²) >= 11 is 0. The number of fused-ring (bicyclic) bond motifs is 5. The maximum Gasteiger partial charge on any atom is 0.245 e. The van der Waals surface area contributed by atoms with Crippen LogP contribution in [-0.2, 0) is 4.79 Å². The molecule has 1 amide bonds. The fraction of sp³-hybridized carbons (Fsp3) is 0.190. The highest BCUT2D eigenvalue weighted by Gasteiger charge is 2.31. The van der Waals surface area contributed by atoms with Crippen molar-refractivity contribution in [3.05, 3.63) is 58.9 Å². The van der Waals surface area contributed by atoms with Crippen LogP contribution >= 0.6 is 0 Å². The van der Waals surface area contributed by atoms with Gasteiger partial charge >= 0.3 is 0 Å². The molecular formula is C21H19FN2O2. The van der Waals surface area contributed by atoms with Crippen molar-refractivity contribution in [3.8, 4) is 16.9 Å². The molecule has 0 saturated heterocycles. The summed E-state index contributed by atoms with van der Waals surface area (Å²) in [5.41, 5.74) is 10.4. The molecule has 3 N–H and O–H groups in total. The van der Waals surface area contributed by atoms with Crippen molar-refractivity contribution < 1.29 is 13.9 Å². The minimum absolute atomic E-state index is 0.186. The fourth-order valence-electron chi connectivity index (χ4n) is 3.40. The number of carbonyl (C=O) groups is 1. The Hall–Kier alpha value is -3.08. The van der Waals surface area contributed by atoms with E-state index in [0.29, 0.717) is 17.1 Å². The van der Waals surface area contributed by atoms with Gasteiger partial charge in [-0.15, -0.1) is 0 Å². The highest BCUT2D eigenvalue weighted by Crippen LogP contribution is 2.47. The van der Waals surface area contributed by atoms with Crippen LogP contribution in [0.25, 0.3) is 23.0 Å². The van der Waals surface area contributed by atoms with Gasteiger partial charge in [-0.25, -0.2) is 4.39 Å². The van der Waals surface area contributed by atoms with Crippen molar-refractivity contribution in [1.82, 2.24) is 0 Å². The molecule has 26 heavy (non-hydrogen) atoms. The van der Waals surface area contributed by atoms with E-state index in [0.717, 1.165) is 28.0 Å². The van der Waals surface area contributed by atoms with E-state index in [1.807, 2.05) is 19.1 Å². The van der Waals surface area contributed by atoms with Gasteiger partial charge in [0, 0.05) is 28.5 Å². The van der Waals surface area contributed by atoms with Gasteiger partial charge in [0.25, 0.3) is 0 Å². The number of ether oxygens (including phenoxy) is 1. The number of carbonyl (C=O) groups excluding carboxylic acids is 1. The number of hydrogen-bond donors (Lipinski definition) is 2. The number of nitrogens with one attached hydrogen (secondary N) is 1. The second kappa shape index (κ2) is 5.46. The molecule has 4 nitrogen and oxygen atoms in total. The molecule has 0 bridgehead atoms. The predicted molar refractivity (Wildman–Crippen MR) is 101 cm³/mol. The van der Waals surface area contributed by atoms with Crippen LogP contribution in [0.4, 0.5) is 10.1 Å². The lowest BCUT2D eigenvalue weighted by atomic mass is 9.83. The van der Waals surface area contributed by atoms with Crippen molar-refractivity contribution >= 4 is 23.4 Å². The lowest BCUT2D eigenvalue weighted by Crippen LogP contribution is -2.35. The van der Waals surface area contributed by atoms with Crippen LogP contribution in [0.5, 0.6) is 5.75 Å². The van der Waals surface area contributed by atoms with Gasteiger partial charge in [-0.2, -0.15) is 0 Å². The summed E-state index contributed by atoms with van der Waals surface area (Å²) in [5.74, 6) is -0.0755. The highest BCUT2D eigenvalue weighted by atomic mass is 19.1. The van der Waals surface area contributed by atoms with Crippen molar-refractivity contribution in [2.24, 2.45) is 5.73 Å². The van der Waals surface area contributed by atoms with Crippen molar-refractivity contribution in [2.75, 3.05) is 5.32 Å².